The third kappa shape index (κ3) is 11.3. The molecule has 2 N–H and O–H groups in total. The number of imidazole rings is 1. The Morgan fingerprint density at radius 2 is 1.19 bits per heavy atom. The van der Waals surface area contributed by atoms with Crippen LogP contribution >= 0.6 is 31.9 Å². The molecule has 2 atom stereocenters. The quantitative estimate of drug-likeness (QED) is 0.100. The zero-order valence-electron chi connectivity index (χ0n) is 42.0. The van der Waals surface area contributed by atoms with Crippen molar-refractivity contribution in [1.82, 2.24) is 39.3 Å². The molecule has 3 aliphatic heterocycles. The molecule has 3 aliphatic rings. The number of methoxy groups -OCH3 is 1. The standard InChI is InChI=1S/C30H25BrFN5O4.C29H24BrFN4O2/c1-40-28(39)15-26-33-24-11-2-18(14-25(24)34-26)12-13-36-27(38)17-41-30(36)23-16-37(22-9-5-20(31)6-10-22)35-29(23)19-3-7-21(32)8-4-19;1-18-14-21-15-19(2-11-26(21)32-18)12-13-34-27(36)17-37-29(34)25-16-35(24-9-5-22(30)6-10-24)33-28(25)20-3-7-23(31)8-4-20/h2-11,14,16,30H,12-13,15,17H2,1H3,(H,33,34);2-11,15-16,29,32H,1,12-14,17H2. The summed E-state index contributed by atoms with van der Waals surface area (Å²) in [6.45, 7) is 4.88. The fourth-order valence-electron chi connectivity index (χ4n) is 9.75. The lowest BCUT2D eigenvalue weighted by atomic mass is 10.0. The first kappa shape index (κ1) is 52.0. The SMILES string of the molecule is C=C1Cc2cc(CCN3C(=O)COC3c3cn(-c4ccc(Br)cc4)nc3-c3ccc(F)cc3)ccc2N1.COC(=O)Cc1nc2ccc(CCN3C(=O)COC3c3cn(-c4ccc(Br)cc4)nc3-c3ccc(F)cc3)cc2[nH]1. The van der Waals surface area contributed by atoms with E-state index in [0.29, 0.717) is 54.3 Å². The number of anilines is 1. The average molecular weight is 1180 g/mol. The van der Waals surface area contributed by atoms with Crippen LogP contribution in [0.15, 0.2) is 167 Å². The van der Waals surface area contributed by atoms with E-state index in [1.54, 1.807) is 43.4 Å². The second-order valence-corrected chi connectivity index (χ2v) is 20.7. The van der Waals surface area contributed by atoms with Gasteiger partial charge in [-0.15, -0.1) is 0 Å². The predicted octanol–water partition coefficient (Wildman–Crippen LogP) is 11.2. The summed E-state index contributed by atoms with van der Waals surface area (Å²) in [6, 6.07) is 39.9. The Kier molecular flexibility index (Phi) is 15.0. The molecule has 394 valence electrons. The molecular formula is C59H49Br2F2N9O6. The van der Waals surface area contributed by atoms with Gasteiger partial charge in [0.2, 0.25) is 0 Å². The van der Waals surface area contributed by atoms with Gasteiger partial charge in [0.25, 0.3) is 11.8 Å². The fraction of sp³-hybridized carbons (Fsp3) is 0.186. The van der Waals surface area contributed by atoms with E-state index in [4.69, 9.17) is 24.4 Å². The van der Waals surface area contributed by atoms with Gasteiger partial charge >= 0.3 is 5.97 Å². The number of hydrogen-bond donors (Lipinski definition) is 2. The molecule has 2 saturated heterocycles. The maximum Gasteiger partial charge on any atom is 0.313 e. The number of nitrogens with one attached hydrogen (secondary N) is 2. The molecule has 0 saturated carbocycles. The van der Waals surface area contributed by atoms with E-state index in [1.165, 1.54) is 36.9 Å². The number of allylic oxidation sites excluding steroid dienone is 1. The molecule has 3 aromatic heterocycles. The van der Waals surface area contributed by atoms with Gasteiger partial charge in [0.15, 0.2) is 12.5 Å². The van der Waals surface area contributed by atoms with Crippen LogP contribution in [0, 0.1) is 11.6 Å². The summed E-state index contributed by atoms with van der Waals surface area (Å²) in [6.07, 6.45) is 4.64. The van der Waals surface area contributed by atoms with Crippen molar-refractivity contribution in [3.63, 3.8) is 0 Å². The second-order valence-electron chi connectivity index (χ2n) is 18.9. The van der Waals surface area contributed by atoms with E-state index in [0.717, 1.165) is 71.4 Å². The number of aromatic amines is 1. The van der Waals surface area contributed by atoms with Crippen LogP contribution in [0.5, 0.6) is 0 Å². The van der Waals surface area contributed by atoms with Gasteiger partial charge in [-0.1, -0.05) is 56.6 Å². The first-order chi connectivity index (χ1) is 37.8. The number of hydrogen-bond acceptors (Lipinski definition) is 10. The summed E-state index contributed by atoms with van der Waals surface area (Å²) in [5.74, 6) is -0.695. The summed E-state index contributed by atoms with van der Waals surface area (Å²) in [4.78, 5) is 48.6. The molecule has 9 aromatic rings. The number of esters is 1. The van der Waals surface area contributed by atoms with Crippen LogP contribution in [0.3, 0.4) is 0 Å². The maximum atomic E-state index is 13.7. The smallest absolute Gasteiger partial charge is 0.313 e. The summed E-state index contributed by atoms with van der Waals surface area (Å²) in [5.41, 5.74) is 12.9. The Morgan fingerprint density at radius 1 is 0.692 bits per heavy atom. The van der Waals surface area contributed by atoms with Crippen LogP contribution in [0.25, 0.3) is 44.9 Å². The maximum absolute atomic E-state index is 13.7. The third-order valence-electron chi connectivity index (χ3n) is 13.7. The highest BCUT2D eigenvalue weighted by atomic mass is 79.9. The molecule has 2 unspecified atom stereocenters. The van der Waals surface area contributed by atoms with E-state index in [-0.39, 0.29) is 49.1 Å². The summed E-state index contributed by atoms with van der Waals surface area (Å²) >= 11 is 6.93. The molecular weight excluding hydrogens is 1130 g/mol. The molecule has 6 aromatic carbocycles. The molecule has 78 heavy (non-hydrogen) atoms. The number of carbonyl (C=O) groups is 3. The van der Waals surface area contributed by atoms with Crippen molar-refractivity contribution in [1.29, 1.82) is 0 Å². The van der Waals surface area contributed by atoms with E-state index in [1.807, 2.05) is 79.1 Å². The van der Waals surface area contributed by atoms with Crippen molar-refractivity contribution < 1.29 is 37.4 Å². The predicted molar refractivity (Wildman–Crippen MR) is 296 cm³/mol. The van der Waals surface area contributed by atoms with Crippen LogP contribution in [0.4, 0.5) is 14.5 Å². The van der Waals surface area contributed by atoms with Gasteiger partial charge in [-0.3, -0.25) is 14.4 Å². The minimum atomic E-state index is -0.658. The lowest BCUT2D eigenvalue weighted by molar-refractivity contribution is -0.140. The van der Waals surface area contributed by atoms with Crippen LogP contribution in [0.2, 0.25) is 0 Å². The highest BCUT2D eigenvalue weighted by Gasteiger charge is 2.38. The van der Waals surface area contributed by atoms with Crippen molar-refractivity contribution in [3.8, 4) is 33.9 Å². The number of nitrogens with zero attached hydrogens (tertiary/aromatic N) is 7. The molecule has 0 radical (unpaired) electrons. The summed E-state index contributed by atoms with van der Waals surface area (Å²) in [5, 5.41) is 12.9. The van der Waals surface area contributed by atoms with Gasteiger partial charge < -0.3 is 34.3 Å². The second kappa shape index (κ2) is 22.5. The molecule has 0 bridgehead atoms. The monoisotopic (exact) mass is 1180 g/mol. The summed E-state index contributed by atoms with van der Waals surface area (Å²) < 4.78 is 49.6. The van der Waals surface area contributed by atoms with Crippen molar-refractivity contribution in [2.75, 3.05) is 38.7 Å². The third-order valence-corrected chi connectivity index (χ3v) is 14.7. The van der Waals surface area contributed by atoms with Crippen LogP contribution in [-0.2, 0) is 54.3 Å². The highest BCUT2D eigenvalue weighted by Crippen LogP contribution is 2.38. The Hall–Kier alpha value is -8.10. The van der Waals surface area contributed by atoms with Gasteiger partial charge in [0.1, 0.15) is 48.5 Å². The molecule has 6 heterocycles. The van der Waals surface area contributed by atoms with Crippen molar-refractivity contribution in [3.05, 3.63) is 212 Å². The Labute approximate surface area is 463 Å². The number of halogens is 4. The Balaban J connectivity index is 0.000000166. The number of rotatable bonds is 14. The number of amides is 2. The van der Waals surface area contributed by atoms with Gasteiger partial charge in [-0.2, -0.15) is 10.2 Å². The van der Waals surface area contributed by atoms with Crippen LogP contribution < -0.4 is 5.32 Å². The van der Waals surface area contributed by atoms with Crippen molar-refractivity contribution in [2.24, 2.45) is 0 Å². The van der Waals surface area contributed by atoms with Crippen LogP contribution in [-0.4, -0.2) is 90.5 Å². The molecule has 19 heteroatoms. The lowest BCUT2D eigenvalue weighted by Gasteiger charge is -2.23. The molecule has 15 nitrogen and oxygen atoms in total. The first-order valence-electron chi connectivity index (χ1n) is 25.0. The minimum absolute atomic E-state index is 0.00488. The van der Waals surface area contributed by atoms with Gasteiger partial charge in [0, 0.05) is 74.5 Å². The topological polar surface area (TPSA) is 162 Å². The lowest BCUT2D eigenvalue weighted by Crippen LogP contribution is -2.30. The number of carbonyl (C=O) groups excluding carboxylic acids is 3. The number of ether oxygens (including phenoxy) is 3. The highest BCUT2D eigenvalue weighted by molar-refractivity contribution is 9.10. The number of aromatic nitrogens is 6. The van der Waals surface area contributed by atoms with E-state index >= 15 is 0 Å². The zero-order valence-corrected chi connectivity index (χ0v) is 45.1. The average Bonchev–Trinajstić information content (AvgIpc) is 4.32. The van der Waals surface area contributed by atoms with Gasteiger partial charge in [-0.05, 0) is 145 Å². The Morgan fingerprint density at radius 3 is 1.71 bits per heavy atom. The van der Waals surface area contributed by atoms with Crippen molar-refractivity contribution >= 4 is 66.4 Å². The fourth-order valence-corrected chi connectivity index (χ4v) is 10.3. The van der Waals surface area contributed by atoms with Crippen LogP contribution in [0.1, 0.15) is 46.1 Å². The first-order valence-corrected chi connectivity index (χ1v) is 26.6. The minimum Gasteiger partial charge on any atom is -0.469 e. The number of fused-ring (bicyclic) bond motifs is 2. The van der Waals surface area contributed by atoms with E-state index < -0.39 is 12.5 Å². The molecule has 12 rings (SSSR count). The van der Waals surface area contributed by atoms with Crippen molar-refractivity contribution in [2.45, 2.75) is 38.1 Å². The normalized spacial score (nSPS) is 15.9. The molecule has 0 aliphatic carbocycles. The largest absolute Gasteiger partial charge is 0.469 e. The number of benzene rings is 6. The molecule has 2 amide bonds. The zero-order chi connectivity index (χ0) is 54.0. The van der Waals surface area contributed by atoms with Gasteiger partial charge in [-0.25, -0.2) is 23.1 Å². The molecule has 2 fully saturated rings. The Bertz CT molecular complexity index is 3720. The van der Waals surface area contributed by atoms with Gasteiger partial charge in [0.05, 0.1) is 29.5 Å². The van der Waals surface area contributed by atoms with E-state index in [2.05, 4.69) is 71.9 Å². The molecule has 0 spiro atoms. The number of H-pyrrole nitrogens is 1. The summed E-state index contributed by atoms with van der Waals surface area (Å²) in [7, 11) is 1.34. The van der Waals surface area contributed by atoms with E-state index in [9.17, 15) is 23.2 Å².